The maximum Gasteiger partial charge on any atom is 0.278 e. The molecule has 1 unspecified atom stereocenters. The molecular weight excluding hydrogens is 502 g/mol. The summed E-state index contributed by atoms with van der Waals surface area (Å²) < 4.78 is 0. The van der Waals surface area contributed by atoms with Crippen LogP contribution in [0.1, 0.15) is 29.5 Å². The first-order chi connectivity index (χ1) is 18.2. The first-order valence-corrected chi connectivity index (χ1v) is 12.7. The molecule has 7 nitrogen and oxygen atoms in total. The zero-order chi connectivity index (χ0) is 27.0. The molecule has 3 amide bonds. The third-order valence-corrected chi connectivity index (χ3v) is 7.27. The Hall–Kier alpha value is -4.23. The lowest BCUT2D eigenvalue weighted by molar-refractivity contribution is -0.146. The number of nitrogens with one attached hydrogen (secondary N) is 2. The van der Waals surface area contributed by atoms with Gasteiger partial charge in [0.1, 0.15) is 17.5 Å². The third kappa shape index (κ3) is 5.10. The van der Waals surface area contributed by atoms with Crippen molar-refractivity contribution in [2.75, 3.05) is 5.32 Å². The predicted octanol–water partition coefficient (Wildman–Crippen LogP) is 4.61. The minimum Gasteiger partial charge on any atom is -0.351 e. The van der Waals surface area contributed by atoms with Crippen LogP contribution in [0, 0.1) is 6.92 Å². The number of fused-ring (bicyclic) bond motifs is 1. The zero-order valence-electron chi connectivity index (χ0n) is 20.8. The smallest absolute Gasteiger partial charge is 0.278 e. The number of ketones is 1. The Balaban J connectivity index is 1.33. The van der Waals surface area contributed by atoms with Crippen molar-refractivity contribution in [2.45, 2.75) is 38.6 Å². The van der Waals surface area contributed by atoms with Crippen LogP contribution in [0.3, 0.4) is 0 Å². The second-order valence-corrected chi connectivity index (χ2v) is 10.1. The molecule has 0 spiro atoms. The minimum absolute atomic E-state index is 0.0548. The van der Waals surface area contributed by atoms with Crippen molar-refractivity contribution in [3.05, 3.63) is 100 Å². The first-order valence-electron chi connectivity index (χ1n) is 12.3. The van der Waals surface area contributed by atoms with E-state index in [9.17, 15) is 19.2 Å². The van der Waals surface area contributed by atoms with Gasteiger partial charge in [0.05, 0.1) is 0 Å². The Morgan fingerprint density at radius 1 is 1.11 bits per heavy atom. The molecular formula is C30H26ClN3O4. The maximum atomic E-state index is 13.1. The molecule has 38 heavy (non-hydrogen) atoms. The van der Waals surface area contributed by atoms with Gasteiger partial charge in [-0.05, 0) is 65.4 Å². The van der Waals surface area contributed by atoms with Gasteiger partial charge in [-0.25, -0.2) is 0 Å². The number of hydrogen-bond acceptors (Lipinski definition) is 5. The van der Waals surface area contributed by atoms with E-state index in [2.05, 4.69) is 17.2 Å². The van der Waals surface area contributed by atoms with E-state index in [1.165, 1.54) is 6.08 Å². The predicted molar refractivity (Wildman–Crippen MR) is 146 cm³/mol. The van der Waals surface area contributed by atoms with Crippen LogP contribution in [0.2, 0.25) is 5.02 Å². The van der Waals surface area contributed by atoms with Crippen molar-refractivity contribution in [2.24, 2.45) is 0 Å². The molecule has 0 bridgehead atoms. The summed E-state index contributed by atoms with van der Waals surface area (Å²) in [7, 11) is 0. The van der Waals surface area contributed by atoms with Crippen LogP contribution in [0.25, 0.3) is 10.8 Å². The lowest BCUT2D eigenvalue weighted by Crippen LogP contribution is -2.52. The lowest BCUT2D eigenvalue weighted by Gasteiger charge is -2.29. The topological polar surface area (TPSA) is 95.6 Å². The number of halogens is 1. The summed E-state index contributed by atoms with van der Waals surface area (Å²) in [5.74, 6) is -1.44. The molecule has 1 saturated heterocycles. The van der Waals surface area contributed by atoms with E-state index in [4.69, 9.17) is 11.6 Å². The molecule has 192 valence electrons. The van der Waals surface area contributed by atoms with Crippen molar-refractivity contribution in [3.63, 3.8) is 0 Å². The molecule has 0 radical (unpaired) electrons. The highest BCUT2D eigenvalue weighted by Gasteiger charge is 2.41. The van der Waals surface area contributed by atoms with Crippen molar-refractivity contribution < 1.29 is 19.2 Å². The van der Waals surface area contributed by atoms with Crippen LogP contribution in [-0.2, 0) is 32.0 Å². The van der Waals surface area contributed by atoms with Gasteiger partial charge in [-0.15, -0.1) is 0 Å². The van der Waals surface area contributed by atoms with Gasteiger partial charge in [-0.3, -0.25) is 24.1 Å². The molecule has 1 fully saturated rings. The average Bonchev–Trinajstić information content (AvgIpc) is 3.14. The van der Waals surface area contributed by atoms with Crippen LogP contribution >= 0.6 is 11.6 Å². The fourth-order valence-corrected chi connectivity index (χ4v) is 5.05. The summed E-state index contributed by atoms with van der Waals surface area (Å²) in [6.45, 7) is 5.66. The number of imide groups is 1. The van der Waals surface area contributed by atoms with Gasteiger partial charge in [-0.2, -0.15) is 0 Å². The van der Waals surface area contributed by atoms with Gasteiger partial charge in [0, 0.05) is 35.3 Å². The highest BCUT2D eigenvalue weighted by Crippen LogP contribution is 2.28. The molecule has 8 heteroatoms. The number of piperidine rings is 1. The second kappa shape index (κ2) is 10.3. The number of allylic oxidation sites excluding steroid dienone is 1. The van der Waals surface area contributed by atoms with Gasteiger partial charge in [0.25, 0.3) is 11.8 Å². The maximum absolute atomic E-state index is 13.1. The number of hydrogen-bond donors (Lipinski definition) is 2. The van der Waals surface area contributed by atoms with Gasteiger partial charge in [0.2, 0.25) is 5.91 Å². The summed E-state index contributed by atoms with van der Waals surface area (Å²) in [4.78, 5) is 52.0. The molecule has 0 saturated carbocycles. The Labute approximate surface area is 225 Å². The van der Waals surface area contributed by atoms with Crippen LogP contribution < -0.4 is 10.6 Å². The largest absolute Gasteiger partial charge is 0.351 e. The number of anilines is 1. The van der Waals surface area contributed by atoms with Crippen molar-refractivity contribution in [3.8, 4) is 0 Å². The van der Waals surface area contributed by atoms with E-state index in [1.807, 2.05) is 55.5 Å². The normalized spacial score (nSPS) is 17.6. The van der Waals surface area contributed by atoms with Gasteiger partial charge < -0.3 is 10.6 Å². The van der Waals surface area contributed by atoms with Crippen molar-refractivity contribution in [1.29, 1.82) is 0 Å². The van der Waals surface area contributed by atoms with E-state index in [0.717, 1.165) is 32.4 Å². The molecule has 0 aliphatic carbocycles. The van der Waals surface area contributed by atoms with E-state index in [1.54, 1.807) is 6.07 Å². The molecule has 2 heterocycles. The Morgan fingerprint density at radius 2 is 1.92 bits per heavy atom. The summed E-state index contributed by atoms with van der Waals surface area (Å²) in [5.41, 5.74) is 3.95. The van der Waals surface area contributed by atoms with Crippen LogP contribution in [0.5, 0.6) is 0 Å². The molecule has 1 atom stereocenters. The van der Waals surface area contributed by atoms with E-state index in [0.29, 0.717) is 29.2 Å². The van der Waals surface area contributed by atoms with Crippen molar-refractivity contribution in [1.82, 2.24) is 10.2 Å². The number of benzene rings is 3. The standard InChI is InChI=1S/C30H26ClN3O4/c1-17-6-8-19(13-25(17)31)12-23(35)14-21-5-3-4-20-9-10-22(15-24(20)21)33-26-16-28(36)34(30(26)38)27-11-7-18(2)32-29(27)37/h3-6,8-10,13,15-16,27,33H,2,7,11-12,14H2,1H3,(H,32,37). The number of rotatable bonds is 7. The lowest BCUT2D eigenvalue weighted by atomic mass is 9.97. The highest BCUT2D eigenvalue weighted by atomic mass is 35.5. The Morgan fingerprint density at radius 3 is 2.68 bits per heavy atom. The molecule has 2 aliphatic heterocycles. The third-order valence-electron chi connectivity index (χ3n) is 6.86. The molecule has 3 aromatic carbocycles. The average molecular weight is 528 g/mol. The summed E-state index contributed by atoms with van der Waals surface area (Å²) in [6, 6.07) is 16.1. The van der Waals surface area contributed by atoms with Crippen LogP contribution in [0.15, 0.2) is 78.6 Å². The van der Waals surface area contributed by atoms with Crippen LogP contribution in [-0.4, -0.2) is 34.4 Å². The van der Waals surface area contributed by atoms with E-state index < -0.39 is 23.8 Å². The number of nitrogens with zero attached hydrogens (tertiary/aromatic N) is 1. The summed E-state index contributed by atoms with van der Waals surface area (Å²) >= 11 is 6.21. The summed E-state index contributed by atoms with van der Waals surface area (Å²) in [5, 5.41) is 8.11. The molecule has 2 aliphatic rings. The minimum atomic E-state index is -0.867. The highest BCUT2D eigenvalue weighted by molar-refractivity contribution is 6.31. The van der Waals surface area contributed by atoms with E-state index in [-0.39, 0.29) is 24.3 Å². The summed E-state index contributed by atoms with van der Waals surface area (Å²) in [6.07, 6.45) is 2.56. The molecule has 2 N–H and O–H groups in total. The van der Waals surface area contributed by atoms with E-state index >= 15 is 0 Å². The van der Waals surface area contributed by atoms with Gasteiger partial charge in [-0.1, -0.05) is 54.6 Å². The fourth-order valence-electron chi connectivity index (χ4n) is 4.85. The number of aryl methyl sites for hydroxylation is 1. The second-order valence-electron chi connectivity index (χ2n) is 9.67. The number of carbonyl (C=O) groups is 4. The Kier molecular flexibility index (Phi) is 6.87. The zero-order valence-corrected chi connectivity index (χ0v) is 21.6. The molecule has 3 aromatic rings. The molecule has 5 rings (SSSR count). The van der Waals surface area contributed by atoms with Gasteiger partial charge >= 0.3 is 0 Å². The molecule has 0 aromatic heterocycles. The van der Waals surface area contributed by atoms with Gasteiger partial charge in [0.15, 0.2) is 0 Å². The van der Waals surface area contributed by atoms with Crippen LogP contribution in [0.4, 0.5) is 5.69 Å². The number of carbonyl (C=O) groups excluding carboxylic acids is 4. The Bertz CT molecular complexity index is 1560. The number of amides is 3. The number of Topliss-reactive ketones (excluding diaryl/α,β-unsaturated/α-hetero) is 1. The fraction of sp³-hybridized carbons (Fsp3) is 0.200. The SMILES string of the molecule is C=C1CCC(N2C(=O)C=C(Nc3ccc4cccc(CC(=O)Cc5ccc(C)c(Cl)c5)c4c3)C2=O)C(=O)N1. The quantitative estimate of drug-likeness (QED) is 0.437. The monoisotopic (exact) mass is 527 g/mol. The van der Waals surface area contributed by atoms with Crippen molar-refractivity contribution >= 4 is 51.6 Å². The first kappa shape index (κ1) is 25.4.